The molecular formula is C11H19N3O. The molecule has 2 rings (SSSR count). The van der Waals surface area contributed by atoms with Crippen molar-refractivity contribution in [2.75, 3.05) is 0 Å². The van der Waals surface area contributed by atoms with Gasteiger partial charge in [-0.1, -0.05) is 0 Å². The molecule has 1 aromatic rings. The van der Waals surface area contributed by atoms with Crippen molar-refractivity contribution < 1.29 is 5.11 Å². The van der Waals surface area contributed by atoms with Crippen LogP contribution in [0.15, 0.2) is 12.5 Å². The molecule has 1 fully saturated rings. The maximum Gasteiger partial charge on any atom is 0.0949 e. The molecule has 84 valence electrons. The summed E-state index contributed by atoms with van der Waals surface area (Å²) in [5, 5.41) is 12.6. The Morgan fingerprint density at radius 2 is 2.47 bits per heavy atom. The van der Waals surface area contributed by atoms with Crippen LogP contribution in [-0.2, 0) is 13.1 Å². The molecule has 0 radical (unpaired) electrons. The van der Waals surface area contributed by atoms with E-state index in [1.54, 1.807) is 0 Å². The summed E-state index contributed by atoms with van der Waals surface area (Å²) in [6, 6.07) is 0.729. The van der Waals surface area contributed by atoms with Crippen LogP contribution in [0, 0.1) is 0 Å². The zero-order chi connectivity index (χ0) is 10.7. The summed E-state index contributed by atoms with van der Waals surface area (Å²) in [5.41, 5.74) is 1.09. The van der Waals surface area contributed by atoms with Crippen molar-refractivity contribution in [2.24, 2.45) is 0 Å². The highest BCUT2D eigenvalue weighted by Crippen LogP contribution is 2.18. The first-order chi connectivity index (χ1) is 7.24. The quantitative estimate of drug-likeness (QED) is 0.732. The van der Waals surface area contributed by atoms with Gasteiger partial charge in [-0.2, -0.15) is 0 Å². The number of aliphatic hydroxyl groups is 1. The summed E-state index contributed by atoms with van der Waals surface area (Å²) < 4.78 is 2.04. The maximum atomic E-state index is 9.16. The van der Waals surface area contributed by atoms with Crippen molar-refractivity contribution in [3.05, 3.63) is 18.2 Å². The molecule has 1 atom stereocenters. The van der Waals surface area contributed by atoms with Crippen LogP contribution in [-0.4, -0.2) is 26.8 Å². The van der Waals surface area contributed by atoms with Gasteiger partial charge in [-0.15, -0.1) is 0 Å². The zero-order valence-electron chi connectivity index (χ0n) is 9.19. The van der Waals surface area contributed by atoms with Gasteiger partial charge < -0.3 is 15.0 Å². The molecule has 4 nitrogen and oxygen atoms in total. The van der Waals surface area contributed by atoms with E-state index >= 15 is 0 Å². The van der Waals surface area contributed by atoms with Gasteiger partial charge in [0, 0.05) is 25.3 Å². The van der Waals surface area contributed by atoms with E-state index in [-0.39, 0.29) is 6.10 Å². The Hall–Kier alpha value is -0.870. The Balaban J connectivity index is 1.75. The number of hydrogen-bond donors (Lipinski definition) is 2. The molecule has 0 saturated heterocycles. The SMILES string of the molecule is CC(O)CCn1cnc(CNC2CC2)c1. The number of hydrogen-bond acceptors (Lipinski definition) is 3. The molecule has 1 unspecified atom stereocenters. The molecule has 1 heterocycles. The van der Waals surface area contributed by atoms with E-state index in [2.05, 4.69) is 16.5 Å². The highest BCUT2D eigenvalue weighted by atomic mass is 16.3. The molecule has 1 aliphatic carbocycles. The zero-order valence-corrected chi connectivity index (χ0v) is 9.19. The van der Waals surface area contributed by atoms with Crippen LogP contribution in [0.1, 0.15) is 31.9 Å². The van der Waals surface area contributed by atoms with Crippen molar-refractivity contribution in [3.63, 3.8) is 0 Å². The maximum absolute atomic E-state index is 9.16. The first-order valence-corrected chi connectivity index (χ1v) is 5.66. The smallest absolute Gasteiger partial charge is 0.0949 e. The lowest BCUT2D eigenvalue weighted by molar-refractivity contribution is 0.178. The van der Waals surface area contributed by atoms with Crippen LogP contribution in [0.2, 0.25) is 0 Å². The highest BCUT2D eigenvalue weighted by Gasteiger charge is 2.20. The minimum atomic E-state index is -0.236. The van der Waals surface area contributed by atoms with E-state index < -0.39 is 0 Å². The van der Waals surface area contributed by atoms with Gasteiger partial charge in [0.1, 0.15) is 0 Å². The molecular weight excluding hydrogens is 190 g/mol. The molecule has 1 saturated carbocycles. The predicted octanol–water partition coefficient (Wildman–Crippen LogP) is 0.906. The number of nitrogens with zero attached hydrogens (tertiary/aromatic N) is 2. The lowest BCUT2D eigenvalue weighted by Gasteiger charge is -2.03. The highest BCUT2D eigenvalue weighted by molar-refractivity contribution is 4.97. The first-order valence-electron chi connectivity index (χ1n) is 5.66. The number of nitrogens with one attached hydrogen (secondary N) is 1. The Labute approximate surface area is 90.3 Å². The Kier molecular flexibility index (Phi) is 3.38. The second kappa shape index (κ2) is 4.77. The Morgan fingerprint density at radius 1 is 1.67 bits per heavy atom. The fourth-order valence-corrected chi connectivity index (χ4v) is 1.49. The number of aromatic nitrogens is 2. The molecule has 0 aliphatic heterocycles. The second-order valence-electron chi connectivity index (χ2n) is 4.40. The number of imidazole rings is 1. The van der Waals surface area contributed by atoms with Gasteiger partial charge >= 0.3 is 0 Å². The Morgan fingerprint density at radius 3 is 3.13 bits per heavy atom. The van der Waals surface area contributed by atoms with Crippen molar-refractivity contribution >= 4 is 0 Å². The summed E-state index contributed by atoms with van der Waals surface area (Å²) in [7, 11) is 0. The lowest BCUT2D eigenvalue weighted by atomic mass is 10.3. The molecule has 2 N–H and O–H groups in total. The molecule has 1 aromatic heterocycles. The van der Waals surface area contributed by atoms with Gasteiger partial charge in [-0.05, 0) is 26.2 Å². The van der Waals surface area contributed by atoms with Crippen LogP contribution in [0.3, 0.4) is 0 Å². The molecule has 0 aromatic carbocycles. The van der Waals surface area contributed by atoms with E-state index in [4.69, 9.17) is 5.11 Å². The molecule has 15 heavy (non-hydrogen) atoms. The van der Waals surface area contributed by atoms with Crippen LogP contribution in [0.25, 0.3) is 0 Å². The summed E-state index contributed by atoms with van der Waals surface area (Å²) in [5.74, 6) is 0. The van der Waals surface area contributed by atoms with Gasteiger partial charge in [0.2, 0.25) is 0 Å². The largest absolute Gasteiger partial charge is 0.393 e. The standard InChI is InChI=1S/C11H19N3O/c1-9(15)4-5-14-7-11(13-8-14)6-12-10-2-3-10/h7-10,12,15H,2-6H2,1H3. The Bertz CT molecular complexity index is 284. The fraction of sp³-hybridized carbons (Fsp3) is 0.727. The third kappa shape index (κ3) is 3.64. The lowest BCUT2D eigenvalue weighted by Crippen LogP contribution is -2.15. The summed E-state index contributed by atoms with van der Waals surface area (Å²) in [6.07, 6.45) is 7.06. The summed E-state index contributed by atoms with van der Waals surface area (Å²) >= 11 is 0. The third-order valence-corrected chi connectivity index (χ3v) is 2.64. The van der Waals surface area contributed by atoms with Gasteiger partial charge in [0.15, 0.2) is 0 Å². The van der Waals surface area contributed by atoms with Crippen LogP contribution >= 0.6 is 0 Å². The molecule has 0 bridgehead atoms. The van der Waals surface area contributed by atoms with E-state index in [1.165, 1.54) is 12.8 Å². The molecule has 1 aliphatic rings. The monoisotopic (exact) mass is 209 g/mol. The molecule has 0 amide bonds. The predicted molar refractivity (Wildman–Crippen MR) is 58.4 cm³/mol. The van der Waals surface area contributed by atoms with Gasteiger partial charge in [-0.3, -0.25) is 0 Å². The van der Waals surface area contributed by atoms with E-state index in [1.807, 2.05) is 17.8 Å². The van der Waals surface area contributed by atoms with Crippen molar-refractivity contribution in [1.29, 1.82) is 0 Å². The second-order valence-corrected chi connectivity index (χ2v) is 4.40. The average Bonchev–Trinajstić information content (AvgIpc) is 2.92. The number of aliphatic hydroxyl groups excluding tert-OH is 1. The first kappa shape index (κ1) is 10.6. The minimum absolute atomic E-state index is 0.236. The minimum Gasteiger partial charge on any atom is -0.393 e. The van der Waals surface area contributed by atoms with E-state index in [9.17, 15) is 0 Å². The van der Waals surface area contributed by atoms with Crippen molar-refractivity contribution in [2.45, 2.75) is 51.4 Å². The van der Waals surface area contributed by atoms with Crippen molar-refractivity contribution in [3.8, 4) is 0 Å². The van der Waals surface area contributed by atoms with Crippen molar-refractivity contribution in [1.82, 2.24) is 14.9 Å². The summed E-state index contributed by atoms with van der Waals surface area (Å²) in [6.45, 7) is 3.52. The normalized spacial score (nSPS) is 18.0. The topological polar surface area (TPSA) is 50.1 Å². The number of rotatable bonds is 6. The summed E-state index contributed by atoms with van der Waals surface area (Å²) in [4.78, 5) is 4.31. The molecule has 4 heteroatoms. The van der Waals surface area contributed by atoms with Crippen LogP contribution in [0.4, 0.5) is 0 Å². The van der Waals surface area contributed by atoms with E-state index in [0.717, 1.165) is 31.2 Å². The fourth-order valence-electron chi connectivity index (χ4n) is 1.49. The third-order valence-electron chi connectivity index (χ3n) is 2.64. The van der Waals surface area contributed by atoms with Gasteiger partial charge in [0.05, 0.1) is 18.1 Å². The van der Waals surface area contributed by atoms with Gasteiger partial charge in [-0.25, -0.2) is 4.98 Å². The number of aryl methyl sites for hydroxylation is 1. The van der Waals surface area contributed by atoms with E-state index in [0.29, 0.717) is 0 Å². The van der Waals surface area contributed by atoms with Crippen LogP contribution < -0.4 is 5.32 Å². The molecule has 0 spiro atoms. The average molecular weight is 209 g/mol. The van der Waals surface area contributed by atoms with Gasteiger partial charge in [0.25, 0.3) is 0 Å². The van der Waals surface area contributed by atoms with Crippen LogP contribution in [0.5, 0.6) is 0 Å².